The van der Waals surface area contributed by atoms with Gasteiger partial charge in [-0.2, -0.15) is 13.2 Å². The lowest BCUT2D eigenvalue weighted by molar-refractivity contribution is -0.149. The molecule has 1 heterocycles. The van der Waals surface area contributed by atoms with Crippen LogP contribution in [-0.2, 0) is 4.79 Å². The van der Waals surface area contributed by atoms with Crippen LogP contribution in [0.25, 0.3) is 0 Å². The number of carboxylic acid groups (broad SMARTS) is 1. The van der Waals surface area contributed by atoms with Crippen LogP contribution < -0.4 is 4.90 Å². The van der Waals surface area contributed by atoms with E-state index in [4.69, 9.17) is 5.11 Å². The normalized spacial score (nSPS) is 11.1. The Morgan fingerprint density at radius 1 is 1.29 bits per heavy atom. The van der Waals surface area contributed by atoms with Gasteiger partial charge in [0.1, 0.15) is 18.9 Å². The first-order chi connectivity index (χ1) is 9.60. The number of hydrogen-bond donors (Lipinski definition) is 1. The van der Waals surface area contributed by atoms with Crippen LogP contribution in [0.4, 0.5) is 19.0 Å². The molecule has 0 bridgehead atoms. The second-order valence-corrected chi connectivity index (χ2v) is 4.47. The number of alkyl halides is 3. The van der Waals surface area contributed by atoms with Crippen molar-refractivity contribution in [1.29, 1.82) is 0 Å². The molecule has 0 aliphatic heterocycles. The van der Waals surface area contributed by atoms with Gasteiger partial charge in [0.2, 0.25) is 0 Å². The van der Waals surface area contributed by atoms with Crippen LogP contribution in [0.5, 0.6) is 0 Å². The summed E-state index contributed by atoms with van der Waals surface area (Å²) in [5.74, 6) is -2.04. The number of pyridine rings is 1. The second-order valence-electron chi connectivity index (χ2n) is 4.47. The monoisotopic (exact) mass is 305 g/mol. The molecule has 0 unspecified atom stereocenters. The fourth-order valence-electron chi connectivity index (χ4n) is 1.54. The quantitative estimate of drug-likeness (QED) is 0.886. The van der Waals surface area contributed by atoms with Crippen LogP contribution in [0.15, 0.2) is 18.3 Å². The minimum atomic E-state index is -4.68. The number of carbonyl (C=O) groups excluding carboxylic acids is 1. The number of amides is 1. The molecule has 0 aliphatic rings. The molecule has 0 radical (unpaired) electrons. The molecule has 1 aromatic heterocycles. The molecule has 9 heteroatoms. The fourth-order valence-corrected chi connectivity index (χ4v) is 1.54. The Labute approximate surface area is 118 Å². The van der Waals surface area contributed by atoms with Crippen molar-refractivity contribution >= 4 is 17.7 Å². The van der Waals surface area contributed by atoms with Crippen LogP contribution >= 0.6 is 0 Å². The molecule has 0 spiro atoms. The van der Waals surface area contributed by atoms with Crippen LogP contribution in [0.2, 0.25) is 0 Å². The summed E-state index contributed by atoms with van der Waals surface area (Å²) in [6.45, 7) is -2.67. The van der Waals surface area contributed by atoms with E-state index in [1.54, 1.807) is 19.0 Å². The number of nitrogens with zero attached hydrogens (tertiary/aromatic N) is 3. The lowest BCUT2D eigenvalue weighted by Crippen LogP contribution is -2.42. The highest BCUT2D eigenvalue weighted by molar-refractivity contribution is 5.95. The Bertz CT molecular complexity index is 515. The summed E-state index contributed by atoms with van der Waals surface area (Å²) in [4.78, 5) is 28.3. The zero-order valence-corrected chi connectivity index (χ0v) is 11.4. The molecular formula is C12H14F3N3O3. The van der Waals surface area contributed by atoms with Gasteiger partial charge in [-0.1, -0.05) is 0 Å². The Morgan fingerprint density at radius 3 is 2.29 bits per heavy atom. The number of carboxylic acids is 1. The number of carbonyl (C=O) groups is 2. The van der Waals surface area contributed by atoms with Crippen molar-refractivity contribution in [1.82, 2.24) is 9.88 Å². The van der Waals surface area contributed by atoms with Crippen molar-refractivity contribution in [2.45, 2.75) is 6.18 Å². The van der Waals surface area contributed by atoms with Crippen molar-refractivity contribution < 1.29 is 27.9 Å². The molecule has 0 atom stereocenters. The van der Waals surface area contributed by atoms with Crippen LogP contribution in [0, 0.1) is 0 Å². The molecule has 1 rings (SSSR count). The highest BCUT2D eigenvalue weighted by Gasteiger charge is 2.34. The van der Waals surface area contributed by atoms with Gasteiger partial charge in [-0.25, -0.2) is 4.98 Å². The van der Waals surface area contributed by atoms with Gasteiger partial charge in [0.25, 0.3) is 5.91 Å². The van der Waals surface area contributed by atoms with Gasteiger partial charge in [-0.15, -0.1) is 0 Å². The molecule has 0 saturated heterocycles. The molecule has 1 amide bonds. The predicted octanol–water partition coefficient (Wildman–Crippen LogP) is 1.24. The molecule has 1 aromatic rings. The van der Waals surface area contributed by atoms with Gasteiger partial charge in [0.05, 0.1) is 5.56 Å². The minimum Gasteiger partial charge on any atom is -0.480 e. The maximum atomic E-state index is 12.4. The highest BCUT2D eigenvalue weighted by Crippen LogP contribution is 2.18. The van der Waals surface area contributed by atoms with E-state index in [1.165, 1.54) is 12.1 Å². The van der Waals surface area contributed by atoms with E-state index in [9.17, 15) is 22.8 Å². The standard InChI is InChI=1S/C12H14F3N3O3/c1-17(2)9-4-3-8(5-16-9)11(21)18(6-10(19)20)7-12(13,14)15/h3-5H,6-7H2,1-2H3,(H,19,20). The van der Waals surface area contributed by atoms with Crippen molar-refractivity contribution in [3.63, 3.8) is 0 Å². The summed E-state index contributed by atoms with van der Waals surface area (Å²) in [5.41, 5.74) is -0.105. The molecule has 116 valence electrons. The number of aromatic nitrogens is 1. The first kappa shape index (κ1) is 16.7. The van der Waals surface area contributed by atoms with Crippen LogP contribution in [-0.4, -0.2) is 60.2 Å². The molecule has 21 heavy (non-hydrogen) atoms. The summed E-state index contributed by atoms with van der Waals surface area (Å²) in [7, 11) is 3.43. The summed E-state index contributed by atoms with van der Waals surface area (Å²) >= 11 is 0. The van der Waals surface area contributed by atoms with Crippen LogP contribution in [0.1, 0.15) is 10.4 Å². The zero-order valence-electron chi connectivity index (χ0n) is 11.4. The summed E-state index contributed by atoms with van der Waals surface area (Å²) in [5, 5.41) is 8.61. The van der Waals surface area contributed by atoms with Gasteiger partial charge in [-0.05, 0) is 12.1 Å². The number of halogens is 3. The summed E-state index contributed by atoms with van der Waals surface area (Å²) in [6, 6.07) is 2.76. The topological polar surface area (TPSA) is 73.7 Å². The first-order valence-corrected chi connectivity index (χ1v) is 5.81. The minimum absolute atomic E-state index is 0.105. The second kappa shape index (κ2) is 6.42. The number of aliphatic carboxylic acids is 1. The predicted molar refractivity (Wildman–Crippen MR) is 68.2 cm³/mol. The number of hydrogen-bond acceptors (Lipinski definition) is 4. The van der Waals surface area contributed by atoms with Gasteiger partial charge < -0.3 is 14.9 Å². The van der Waals surface area contributed by atoms with Crippen molar-refractivity contribution in [2.24, 2.45) is 0 Å². The highest BCUT2D eigenvalue weighted by atomic mass is 19.4. The van der Waals surface area contributed by atoms with Gasteiger partial charge in [-0.3, -0.25) is 9.59 Å². The SMILES string of the molecule is CN(C)c1ccc(C(=O)N(CC(=O)O)CC(F)(F)F)cn1. The zero-order chi connectivity index (χ0) is 16.2. The van der Waals surface area contributed by atoms with Crippen molar-refractivity contribution in [3.05, 3.63) is 23.9 Å². The molecule has 0 fully saturated rings. The van der Waals surface area contributed by atoms with E-state index in [0.717, 1.165) is 6.20 Å². The number of anilines is 1. The fraction of sp³-hybridized carbons (Fsp3) is 0.417. The number of rotatable bonds is 5. The average Bonchev–Trinajstić information content (AvgIpc) is 2.35. The van der Waals surface area contributed by atoms with Gasteiger partial charge in [0, 0.05) is 20.3 Å². The third kappa shape index (κ3) is 5.28. The van der Waals surface area contributed by atoms with E-state index < -0.39 is 31.1 Å². The van der Waals surface area contributed by atoms with Gasteiger partial charge >= 0.3 is 12.1 Å². The van der Waals surface area contributed by atoms with E-state index >= 15 is 0 Å². The smallest absolute Gasteiger partial charge is 0.406 e. The third-order valence-corrected chi connectivity index (χ3v) is 2.44. The maximum absolute atomic E-state index is 12.4. The van der Waals surface area contributed by atoms with E-state index in [0.29, 0.717) is 5.82 Å². The van der Waals surface area contributed by atoms with Crippen LogP contribution in [0.3, 0.4) is 0 Å². The Hall–Kier alpha value is -2.32. The Balaban J connectivity index is 2.96. The summed E-state index contributed by atoms with van der Waals surface area (Å²) < 4.78 is 37.2. The first-order valence-electron chi connectivity index (χ1n) is 5.81. The van der Waals surface area contributed by atoms with E-state index in [-0.39, 0.29) is 10.5 Å². The van der Waals surface area contributed by atoms with Crippen molar-refractivity contribution in [2.75, 3.05) is 32.1 Å². The molecular weight excluding hydrogens is 291 g/mol. The Kier molecular flexibility index (Phi) is 5.12. The molecule has 6 nitrogen and oxygen atoms in total. The van der Waals surface area contributed by atoms with Crippen molar-refractivity contribution in [3.8, 4) is 0 Å². The largest absolute Gasteiger partial charge is 0.480 e. The molecule has 0 aliphatic carbocycles. The molecule has 1 N–H and O–H groups in total. The van der Waals surface area contributed by atoms with E-state index in [1.807, 2.05) is 0 Å². The maximum Gasteiger partial charge on any atom is 0.406 e. The van der Waals surface area contributed by atoms with E-state index in [2.05, 4.69) is 4.98 Å². The van der Waals surface area contributed by atoms with Gasteiger partial charge in [0.15, 0.2) is 0 Å². The average molecular weight is 305 g/mol. The third-order valence-electron chi connectivity index (χ3n) is 2.44. The lowest BCUT2D eigenvalue weighted by atomic mass is 10.2. The lowest BCUT2D eigenvalue weighted by Gasteiger charge is -2.22. The summed E-state index contributed by atoms with van der Waals surface area (Å²) in [6.07, 6.45) is -3.56. The molecule has 0 saturated carbocycles. The molecule has 0 aromatic carbocycles. The Morgan fingerprint density at radius 2 is 1.90 bits per heavy atom.